The first-order chi connectivity index (χ1) is 17.7. The quantitative estimate of drug-likeness (QED) is 0.178. The van der Waals surface area contributed by atoms with Crippen LogP contribution in [0.3, 0.4) is 0 Å². The van der Waals surface area contributed by atoms with Gasteiger partial charge in [0.25, 0.3) is 0 Å². The highest BCUT2D eigenvalue weighted by atomic mass is 16.6. The van der Waals surface area contributed by atoms with Gasteiger partial charge in [-0.1, -0.05) is 0 Å². The van der Waals surface area contributed by atoms with E-state index in [1.54, 1.807) is 36.4 Å². The molecule has 0 aromatic heterocycles. The topological polar surface area (TPSA) is 169 Å². The number of benzene rings is 3. The van der Waals surface area contributed by atoms with Gasteiger partial charge in [0.1, 0.15) is 13.2 Å². The first-order valence-corrected chi connectivity index (χ1v) is 11.4. The van der Waals surface area contributed by atoms with Crippen molar-refractivity contribution in [1.29, 1.82) is 0 Å². The Balaban J connectivity index is 0.000000865. The van der Waals surface area contributed by atoms with Crippen molar-refractivity contribution in [3.8, 4) is 0 Å². The number of rotatable bonds is 8. The molecule has 1 unspecified atom stereocenters. The van der Waals surface area contributed by atoms with E-state index in [4.69, 9.17) is 36.1 Å². The summed E-state index contributed by atoms with van der Waals surface area (Å²) < 4.78 is 20.6. The van der Waals surface area contributed by atoms with Gasteiger partial charge in [0, 0.05) is 17.1 Å². The summed E-state index contributed by atoms with van der Waals surface area (Å²) in [5.74, 6) is -1.98. The van der Waals surface area contributed by atoms with Crippen LogP contribution in [0, 0.1) is 0 Å². The molecule has 1 heterocycles. The second-order valence-electron chi connectivity index (χ2n) is 8.23. The van der Waals surface area contributed by atoms with Crippen LogP contribution in [-0.2, 0) is 18.9 Å². The molecular weight excluding hydrogens is 478 g/mol. The summed E-state index contributed by atoms with van der Waals surface area (Å²) >= 11 is 0. The van der Waals surface area contributed by atoms with Crippen LogP contribution in [0.5, 0.6) is 0 Å². The largest absolute Gasteiger partial charge is 0.458 e. The highest BCUT2D eigenvalue weighted by Crippen LogP contribution is 2.12. The fraction of sp³-hybridized carbons (Fsp3) is 0.222. The zero-order valence-electron chi connectivity index (χ0n) is 20.3. The van der Waals surface area contributed by atoms with E-state index >= 15 is 0 Å². The van der Waals surface area contributed by atoms with Crippen LogP contribution in [0.1, 0.15) is 38.0 Å². The Morgan fingerprint density at radius 3 is 1.30 bits per heavy atom. The lowest BCUT2D eigenvalue weighted by atomic mass is 10.2. The lowest BCUT2D eigenvalue weighted by Gasteiger charge is -2.18. The molecule has 3 aromatic rings. The summed E-state index contributed by atoms with van der Waals surface area (Å²) in [5.41, 5.74) is 19.1. The summed E-state index contributed by atoms with van der Waals surface area (Å²) in [6, 6.07) is 18.4. The van der Waals surface area contributed by atoms with Crippen LogP contribution in [0.4, 0.5) is 17.1 Å². The molecule has 1 aliphatic rings. The lowest BCUT2D eigenvalue weighted by Crippen LogP contribution is -2.31. The molecule has 3 aromatic carbocycles. The van der Waals surface area contributed by atoms with Gasteiger partial charge < -0.3 is 36.1 Å². The van der Waals surface area contributed by atoms with Crippen LogP contribution >= 0.6 is 0 Å². The summed E-state index contributed by atoms with van der Waals surface area (Å²) in [4.78, 5) is 37.1. The van der Waals surface area contributed by atoms with E-state index in [-0.39, 0.29) is 29.9 Å². The zero-order valence-corrected chi connectivity index (χ0v) is 20.3. The minimum Gasteiger partial charge on any atom is -0.458 e. The number of ether oxygens (including phenoxy) is 4. The molecule has 37 heavy (non-hydrogen) atoms. The Bertz CT molecular complexity index is 1130. The Kier molecular flexibility index (Phi) is 9.45. The van der Waals surface area contributed by atoms with Gasteiger partial charge in [-0.25, -0.2) is 14.4 Å². The molecule has 194 valence electrons. The maximum Gasteiger partial charge on any atom is 0.338 e. The molecule has 10 heteroatoms. The Morgan fingerprint density at radius 2 is 1.00 bits per heavy atom. The van der Waals surface area contributed by atoms with Gasteiger partial charge in [0.2, 0.25) is 0 Å². The number of epoxide rings is 1. The highest BCUT2D eigenvalue weighted by Gasteiger charge is 2.21. The smallest absolute Gasteiger partial charge is 0.338 e. The van der Waals surface area contributed by atoms with E-state index in [0.29, 0.717) is 23.2 Å². The SMILES string of the molecule is CC1CO1.Nc1ccc(C(=O)OCC(COC(=O)c2ccc(N)cc2)OC(=O)c2ccc(N)cc2)cc1. The summed E-state index contributed by atoms with van der Waals surface area (Å²) in [5, 5.41) is 0. The van der Waals surface area contributed by atoms with Crippen molar-refractivity contribution >= 4 is 35.0 Å². The molecular formula is C27H29N3O7. The first kappa shape index (κ1) is 27.0. The molecule has 0 radical (unpaired) electrons. The van der Waals surface area contributed by atoms with Crippen molar-refractivity contribution < 1.29 is 33.3 Å². The molecule has 1 saturated heterocycles. The maximum absolute atomic E-state index is 12.5. The molecule has 0 aliphatic carbocycles. The number of hydrogen-bond donors (Lipinski definition) is 3. The van der Waals surface area contributed by atoms with Gasteiger partial charge >= 0.3 is 17.9 Å². The van der Waals surface area contributed by atoms with Crippen molar-refractivity contribution in [2.75, 3.05) is 37.0 Å². The molecule has 0 amide bonds. The van der Waals surface area contributed by atoms with E-state index in [2.05, 4.69) is 6.92 Å². The molecule has 0 saturated carbocycles. The van der Waals surface area contributed by atoms with Crippen molar-refractivity contribution in [2.24, 2.45) is 0 Å². The predicted molar refractivity (Wildman–Crippen MR) is 138 cm³/mol. The summed E-state index contributed by atoms with van der Waals surface area (Å²) in [7, 11) is 0. The minimum absolute atomic E-state index is 0.240. The molecule has 4 rings (SSSR count). The van der Waals surface area contributed by atoms with Crippen LogP contribution in [0.2, 0.25) is 0 Å². The fourth-order valence-electron chi connectivity index (χ4n) is 2.79. The van der Waals surface area contributed by atoms with Crippen LogP contribution in [0.25, 0.3) is 0 Å². The number of carbonyl (C=O) groups is 3. The standard InChI is InChI=1S/C24H23N3O6.C3H6O/c25-18-7-1-15(2-8-18)22(28)31-13-21(33-24(30)17-5-11-20(27)12-6-17)14-32-23(29)16-3-9-19(26)10-4-16;1-3-2-4-3/h1-12,21H,13-14,25-27H2;3H,2H2,1H3. The van der Waals surface area contributed by atoms with Crippen molar-refractivity contribution in [2.45, 2.75) is 19.1 Å². The number of anilines is 3. The average Bonchev–Trinajstić information content (AvgIpc) is 3.68. The molecule has 0 bridgehead atoms. The number of hydrogen-bond acceptors (Lipinski definition) is 10. The summed E-state index contributed by atoms with van der Waals surface area (Å²) in [6.07, 6.45) is -0.467. The Labute approximate surface area is 214 Å². The number of nitrogens with two attached hydrogens (primary N) is 3. The fourth-order valence-corrected chi connectivity index (χ4v) is 2.79. The summed E-state index contributed by atoms with van der Waals surface area (Å²) in [6.45, 7) is 2.37. The molecule has 1 fully saturated rings. The van der Waals surface area contributed by atoms with Crippen molar-refractivity contribution in [3.63, 3.8) is 0 Å². The van der Waals surface area contributed by atoms with Crippen molar-refractivity contribution in [1.82, 2.24) is 0 Å². The first-order valence-electron chi connectivity index (χ1n) is 11.4. The van der Waals surface area contributed by atoms with Crippen LogP contribution in [-0.4, -0.2) is 49.9 Å². The van der Waals surface area contributed by atoms with Gasteiger partial charge in [-0.2, -0.15) is 0 Å². The normalized spacial score (nSPS) is 13.6. The molecule has 1 atom stereocenters. The van der Waals surface area contributed by atoms with Gasteiger partial charge in [-0.15, -0.1) is 0 Å². The Hall–Kier alpha value is -4.57. The average molecular weight is 508 g/mol. The molecule has 1 aliphatic heterocycles. The third kappa shape index (κ3) is 9.19. The van der Waals surface area contributed by atoms with E-state index in [9.17, 15) is 14.4 Å². The highest BCUT2D eigenvalue weighted by molar-refractivity contribution is 5.91. The third-order valence-electron chi connectivity index (χ3n) is 5.01. The predicted octanol–water partition coefficient (Wildman–Crippen LogP) is 3.08. The van der Waals surface area contributed by atoms with Crippen LogP contribution in [0.15, 0.2) is 72.8 Å². The Morgan fingerprint density at radius 1 is 0.703 bits per heavy atom. The van der Waals surface area contributed by atoms with Gasteiger partial charge in [-0.05, 0) is 79.7 Å². The van der Waals surface area contributed by atoms with E-state index in [0.717, 1.165) is 6.61 Å². The zero-order chi connectivity index (χ0) is 26.8. The molecule has 0 spiro atoms. The second kappa shape index (κ2) is 12.9. The van der Waals surface area contributed by atoms with E-state index < -0.39 is 24.0 Å². The van der Waals surface area contributed by atoms with Gasteiger partial charge in [-0.3, -0.25) is 0 Å². The lowest BCUT2D eigenvalue weighted by molar-refractivity contribution is -0.0253. The number of carbonyl (C=O) groups excluding carboxylic acids is 3. The molecule has 6 N–H and O–H groups in total. The monoisotopic (exact) mass is 507 g/mol. The second-order valence-corrected chi connectivity index (χ2v) is 8.23. The van der Waals surface area contributed by atoms with Crippen LogP contribution < -0.4 is 17.2 Å². The third-order valence-corrected chi connectivity index (χ3v) is 5.01. The number of nitrogen functional groups attached to an aromatic ring is 3. The number of esters is 3. The van der Waals surface area contributed by atoms with Gasteiger partial charge in [0.05, 0.1) is 29.4 Å². The molecule has 10 nitrogen and oxygen atoms in total. The minimum atomic E-state index is -1.05. The van der Waals surface area contributed by atoms with E-state index in [1.807, 2.05) is 0 Å². The maximum atomic E-state index is 12.5. The van der Waals surface area contributed by atoms with Gasteiger partial charge in [0.15, 0.2) is 6.10 Å². The van der Waals surface area contributed by atoms with E-state index in [1.165, 1.54) is 36.4 Å². The van der Waals surface area contributed by atoms with Crippen molar-refractivity contribution in [3.05, 3.63) is 89.5 Å².